The molecule has 4 heteroatoms. The van der Waals surface area contributed by atoms with E-state index in [1.165, 1.54) is 25.9 Å². The van der Waals surface area contributed by atoms with E-state index in [9.17, 15) is 4.79 Å². The van der Waals surface area contributed by atoms with Crippen molar-refractivity contribution in [3.05, 3.63) is 54.4 Å². The summed E-state index contributed by atoms with van der Waals surface area (Å²) in [4.78, 5) is 14.5. The van der Waals surface area contributed by atoms with Crippen LogP contribution in [-0.4, -0.2) is 41.6 Å². The molecule has 1 saturated heterocycles. The van der Waals surface area contributed by atoms with E-state index in [1.54, 1.807) is 0 Å². The summed E-state index contributed by atoms with van der Waals surface area (Å²) in [7, 11) is 0. The van der Waals surface area contributed by atoms with Gasteiger partial charge in [-0.05, 0) is 62.3 Å². The van der Waals surface area contributed by atoms with Crippen molar-refractivity contribution in [1.82, 2.24) is 14.8 Å². The molecule has 4 nitrogen and oxygen atoms in total. The van der Waals surface area contributed by atoms with Gasteiger partial charge in [0.25, 0.3) is 5.91 Å². The number of hydrogen-bond acceptors (Lipinski definition) is 2. The predicted molar refractivity (Wildman–Crippen MR) is 83.8 cm³/mol. The van der Waals surface area contributed by atoms with Crippen LogP contribution in [0.15, 0.2) is 48.8 Å². The van der Waals surface area contributed by atoms with Crippen molar-refractivity contribution in [2.75, 3.05) is 26.2 Å². The topological polar surface area (TPSA) is 37.3 Å². The van der Waals surface area contributed by atoms with Crippen molar-refractivity contribution < 1.29 is 4.79 Å². The average molecular weight is 283 g/mol. The first-order valence-electron chi connectivity index (χ1n) is 7.57. The second-order valence-electron chi connectivity index (χ2n) is 5.44. The Kier molecular flexibility index (Phi) is 4.36. The molecule has 21 heavy (non-hydrogen) atoms. The lowest BCUT2D eigenvalue weighted by Gasteiger charge is -2.14. The molecule has 1 amide bonds. The Labute approximate surface area is 125 Å². The highest BCUT2D eigenvalue weighted by Gasteiger charge is 2.11. The van der Waals surface area contributed by atoms with Crippen molar-refractivity contribution in [2.45, 2.75) is 12.8 Å². The van der Waals surface area contributed by atoms with E-state index in [0.29, 0.717) is 5.56 Å². The summed E-state index contributed by atoms with van der Waals surface area (Å²) in [6, 6.07) is 11.7. The SMILES string of the molecule is O=C(NCCN1CCCC1)c1ccc(-n2cccc2)cc1. The minimum Gasteiger partial charge on any atom is -0.351 e. The van der Waals surface area contributed by atoms with Crippen LogP contribution in [-0.2, 0) is 0 Å². The van der Waals surface area contributed by atoms with Crippen molar-refractivity contribution in [3.63, 3.8) is 0 Å². The number of aromatic nitrogens is 1. The van der Waals surface area contributed by atoms with Crippen LogP contribution in [0.1, 0.15) is 23.2 Å². The van der Waals surface area contributed by atoms with Gasteiger partial charge in [-0.15, -0.1) is 0 Å². The van der Waals surface area contributed by atoms with Gasteiger partial charge in [0.05, 0.1) is 0 Å². The van der Waals surface area contributed by atoms with Gasteiger partial charge in [-0.2, -0.15) is 0 Å². The lowest BCUT2D eigenvalue weighted by molar-refractivity contribution is 0.0950. The number of nitrogens with zero attached hydrogens (tertiary/aromatic N) is 2. The monoisotopic (exact) mass is 283 g/mol. The van der Waals surface area contributed by atoms with Crippen molar-refractivity contribution in [3.8, 4) is 5.69 Å². The van der Waals surface area contributed by atoms with E-state index in [-0.39, 0.29) is 5.91 Å². The zero-order valence-corrected chi connectivity index (χ0v) is 12.2. The molecule has 3 rings (SSSR count). The zero-order chi connectivity index (χ0) is 14.5. The molecule has 0 spiro atoms. The molecular formula is C17H21N3O. The predicted octanol–water partition coefficient (Wildman–Crippen LogP) is 2.30. The Hall–Kier alpha value is -2.07. The molecule has 0 saturated carbocycles. The van der Waals surface area contributed by atoms with Crippen LogP contribution in [0.3, 0.4) is 0 Å². The van der Waals surface area contributed by atoms with Crippen LogP contribution in [0.2, 0.25) is 0 Å². The standard InChI is InChI=1S/C17H21N3O/c21-17(18-9-14-19-10-1-2-11-19)15-5-7-16(8-6-15)20-12-3-4-13-20/h3-8,12-13H,1-2,9-11,14H2,(H,18,21). The number of hydrogen-bond donors (Lipinski definition) is 1. The van der Waals surface area contributed by atoms with E-state index >= 15 is 0 Å². The highest BCUT2D eigenvalue weighted by molar-refractivity contribution is 5.94. The molecule has 0 unspecified atom stereocenters. The highest BCUT2D eigenvalue weighted by atomic mass is 16.1. The number of carbonyl (C=O) groups is 1. The largest absolute Gasteiger partial charge is 0.351 e. The normalized spacial score (nSPS) is 15.2. The summed E-state index contributed by atoms with van der Waals surface area (Å²) in [5, 5.41) is 2.99. The second-order valence-corrected chi connectivity index (χ2v) is 5.44. The molecule has 0 bridgehead atoms. The Morgan fingerprint density at radius 2 is 1.71 bits per heavy atom. The number of likely N-dealkylation sites (tertiary alicyclic amines) is 1. The maximum absolute atomic E-state index is 12.1. The average Bonchev–Trinajstić information content (AvgIpc) is 3.21. The molecule has 1 aliphatic rings. The van der Waals surface area contributed by atoms with Gasteiger partial charge in [0, 0.05) is 36.7 Å². The Balaban J connectivity index is 1.52. The minimum absolute atomic E-state index is 0.00764. The maximum atomic E-state index is 12.1. The third kappa shape index (κ3) is 3.52. The maximum Gasteiger partial charge on any atom is 0.251 e. The molecule has 2 aromatic rings. The van der Waals surface area contributed by atoms with Crippen LogP contribution < -0.4 is 5.32 Å². The van der Waals surface area contributed by atoms with Gasteiger partial charge in [0.15, 0.2) is 0 Å². The van der Waals surface area contributed by atoms with Gasteiger partial charge in [-0.1, -0.05) is 0 Å². The molecule has 1 N–H and O–H groups in total. The van der Waals surface area contributed by atoms with E-state index in [4.69, 9.17) is 0 Å². The summed E-state index contributed by atoms with van der Waals surface area (Å²) in [6.45, 7) is 4.01. The van der Waals surface area contributed by atoms with Crippen LogP contribution in [0, 0.1) is 0 Å². The fourth-order valence-electron chi connectivity index (χ4n) is 2.73. The van der Waals surface area contributed by atoms with E-state index in [0.717, 1.165) is 18.8 Å². The van der Waals surface area contributed by atoms with Crippen LogP contribution >= 0.6 is 0 Å². The van der Waals surface area contributed by atoms with E-state index in [1.807, 2.05) is 53.4 Å². The first-order valence-corrected chi connectivity index (χ1v) is 7.57. The molecule has 1 aromatic carbocycles. The fraction of sp³-hybridized carbons (Fsp3) is 0.353. The quantitative estimate of drug-likeness (QED) is 0.914. The van der Waals surface area contributed by atoms with Crippen molar-refractivity contribution in [1.29, 1.82) is 0 Å². The number of benzene rings is 1. The molecule has 0 radical (unpaired) electrons. The van der Waals surface area contributed by atoms with Gasteiger partial charge in [-0.3, -0.25) is 4.79 Å². The van der Waals surface area contributed by atoms with E-state index in [2.05, 4.69) is 10.2 Å². The lowest BCUT2D eigenvalue weighted by Crippen LogP contribution is -2.33. The third-order valence-electron chi connectivity index (χ3n) is 3.94. The molecule has 1 fully saturated rings. The Bertz CT molecular complexity index is 569. The van der Waals surface area contributed by atoms with Crippen LogP contribution in [0.5, 0.6) is 0 Å². The number of rotatable bonds is 5. The molecular weight excluding hydrogens is 262 g/mol. The molecule has 1 aromatic heterocycles. The summed E-state index contributed by atoms with van der Waals surface area (Å²) in [5.41, 5.74) is 1.78. The smallest absolute Gasteiger partial charge is 0.251 e. The molecule has 1 aliphatic heterocycles. The second kappa shape index (κ2) is 6.59. The van der Waals surface area contributed by atoms with Gasteiger partial charge < -0.3 is 14.8 Å². The molecule has 2 heterocycles. The first kappa shape index (κ1) is 13.9. The third-order valence-corrected chi connectivity index (χ3v) is 3.94. The zero-order valence-electron chi connectivity index (χ0n) is 12.2. The van der Waals surface area contributed by atoms with Crippen LogP contribution in [0.25, 0.3) is 5.69 Å². The molecule has 0 aliphatic carbocycles. The van der Waals surface area contributed by atoms with Crippen LogP contribution in [0.4, 0.5) is 0 Å². The van der Waals surface area contributed by atoms with Gasteiger partial charge >= 0.3 is 0 Å². The molecule has 0 atom stereocenters. The van der Waals surface area contributed by atoms with E-state index < -0.39 is 0 Å². The van der Waals surface area contributed by atoms with Crippen molar-refractivity contribution in [2.24, 2.45) is 0 Å². The number of amides is 1. The summed E-state index contributed by atoms with van der Waals surface area (Å²) < 4.78 is 2.02. The molecule has 110 valence electrons. The number of carbonyl (C=O) groups excluding carboxylic acids is 1. The highest BCUT2D eigenvalue weighted by Crippen LogP contribution is 2.10. The van der Waals surface area contributed by atoms with Gasteiger partial charge in [0.2, 0.25) is 0 Å². The Morgan fingerprint density at radius 1 is 1.05 bits per heavy atom. The fourth-order valence-corrected chi connectivity index (χ4v) is 2.73. The van der Waals surface area contributed by atoms with Gasteiger partial charge in [-0.25, -0.2) is 0 Å². The summed E-state index contributed by atoms with van der Waals surface area (Å²) in [5.74, 6) is 0.00764. The lowest BCUT2D eigenvalue weighted by atomic mass is 10.2. The minimum atomic E-state index is 0.00764. The summed E-state index contributed by atoms with van der Waals surface area (Å²) in [6.07, 6.45) is 6.56. The van der Waals surface area contributed by atoms with Gasteiger partial charge in [0.1, 0.15) is 0 Å². The Morgan fingerprint density at radius 3 is 2.38 bits per heavy atom. The summed E-state index contributed by atoms with van der Waals surface area (Å²) >= 11 is 0. The number of nitrogens with one attached hydrogen (secondary N) is 1. The first-order chi connectivity index (χ1) is 10.3. The van der Waals surface area contributed by atoms with Crippen molar-refractivity contribution >= 4 is 5.91 Å².